The molecule has 148 valence electrons. The van der Waals surface area contributed by atoms with Crippen molar-refractivity contribution < 1.29 is 23.9 Å². The van der Waals surface area contributed by atoms with Crippen LogP contribution in [0, 0.1) is 0 Å². The van der Waals surface area contributed by atoms with Gasteiger partial charge >= 0.3 is 11.9 Å². The topological polar surface area (TPSA) is 81.7 Å². The molecule has 29 heavy (non-hydrogen) atoms. The molecule has 0 aliphatic heterocycles. The minimum Gasteiger partial charge on any atom is -0.465 e. The number of rotatable bonds is 7. The molecule has 0 heterocycles. The Bertz CT molecular complexity index is 1030. The second-order valence-corrected chi connectivity index (χ2v) is 6.39. The van der Waals surface area contributed by atoms with Gasteiger partial charge in [0.05, 0.1) is 7.11 Å². The molecule has 0 saturated heterocycles. The van der Waals surface area contributed by atoms with Crippen LogP contribution in [-0.4, -0.2) is 31.5 Å². The van der Waals surface area contributed by atoms with Crippen LogP contribution in [0.25, 0.3) is 10.8 Å². The fraction of sp³-hybridized carbons (Fsp3) is 0.174. The third-order valence-corrected chi connectivity index (χ3v) is 4.36. The molecule has 1 amide bonds. The molecule has 0 saturated carbocycles. The van der Waals surface area contributed by atoms with Crippen molar-refractivity contribution in [1.82, 2.24) is 5.32 Å². The number of esters is 2. The van der Waals surface area contributed by atoms with E-state index in [9.17, 15) is 14.4 Å². The van der Waals surface area contributed by atoms with E-state index in [4.69, 9.17) is 9.47 Å². The molecule has 0 aromatic heterocycles. The van der Waals surface area contributed by atoms with Crippen LogP contribution in [0.4, 0.5) is 0 Å². The maximum absolute atomic E-state index is 12.2. The largest absolute Gasteiger partial charge is 0.465 e. The SMILES string of the molecule is COC(=O)c1cc2ccccc2cc1OC(=O)CCCNC(=O)c1ccccc1. The first-order valence-corrected chi connectivity index (χ1v) is 9.23. The van der Waals surface area contributed by atoms with E-state index in [1.165, 1.54) is 7.11 Å². The molecule has 0 bridgehead atoms. The number of hydrogen-bond acceptors (Lipinski definition) is 5. The minimum absolute atomic E-state index is 0.0997. The standard InChI is InChI=1S/C23H21NO5/c1-28-23(27)19-14-17-10-5-6-11-18(17)15-20(19)29-21(25)12-7-13-24-22(26)16-8-3-2-4-9-16/h2-6,8-11,14-15H,7,12-13H2,1H3,(H,24,26). The van der Waals surface area contributed by atoms with E-state index >= 15 is 0 Å². The lowest BCUT2D eigenvalue weighted by Gasteiger charge is -2.11. The Kier molecular flexibility index (Phi) is 6.58. The van der Waals surface area contributed by atoms with Crippen LogP contribution < -0.4 is 10.1 Å². The van der Waals surface area contributed by atoms with Gasteiger partial charge in [-0.15, -0.1) is 0 Å². The van der Waals surface area contributed by atoms with Crippen LogP contribution in [-0.2, 0) is 9.53 Å². The molecule has 0 aliphatic carbocycles. The van der Waals surface area contributed by atoms with Crippen molar-refractivity contribution >= 4 is 28.6 Å². The lowest BCUT2D eigenvalue weighted by Crippen LogP contribution is -2.25. The number of benzene rings is 3. The zero-order valence-electron chi connectivity index (χ0n) is 16.0. The monoisotopic (exact) mass is 391 g/mol. The predicted octanol–water partition coefficient (Wildman–Crippen LogP) is 3.74. The van der Waals surface area contributed by atoms with Crippen molar-refractivity contribution in [3.63, 3.8) is 0 Å². The van der Waals surface area contributed by atoms with Gasteiger partial charge in [-0.3, -0.25) is 9.59 Å². The molecule has 0 atom stereocenters. The number of carbonyl (C=O) groups excluding carboxylic acids is 3. The molecular weight excluding hydrogens is 370 g/mol. The van der Waals surface area contributed by atoms with Crippen molar-refractivity contribution in [3.05, 3.63) is 77.9 Å². The van der Waals surface area contributed by atoms with E-state index < -0.39 is 11.9 Å². The Morgan fingerprint density at radius 1 is 0.897 bits per heavy atom. The number of nitrogens with one attached hydrogen (secondary N) is 1. The Morgan fingerprint density at radius 3 is 2.24 bits per heavy atom. The Hall–Kier alpha value is -3.67. The molecule has 3 aromatic rings. The highest BCUT2D eigenvalue weighted by Gasteiger charge is 2.17. The fourth-order valence-corrected chi connectivity index (χ4v) is 2.87. The third kappa shape index (κ3) is 5.19. The number of fused-ring (bicyclic) bond motifs is 1. The van der Waals surface area contributed by atoms with Crippen LogP contribution in [0.15, 0.2) is 66.7 Å². The van der Waals surface area contributed by atoms with Crippen LogP contribution in [0.5, 0.6) is 5.75 Å². The van der Waals surface area contributed by atoms with Gasteiger partial charge in [0.1, 0.15) is 11.3 Å². The second kappa shape index (κ2) is 9.50. The fourth-order valence-electron chi connectivity index (χ4n) is 2.87. The summed E-state index contributed by atoms with van der Waals surface area (Å²) >= 11 is 0. The predicted molar refractivity (Wildman–Crippen MR) is 109 cm³/mol. The molecule has 0 radical (unpaired) electrons. The molecule has 6 heteroatoms. The van der Waals surface area contributed by atoms with Crippen LogP contribution in [0.1, 0.15) is 33.6 Å². The van der Waals surface area contributed by atoms with Crippen molar-refractivity contribution in [3.8, 4) is 5.75 Å². The molecular formula is C23H21NO5. The summed E-state index contributed by atoms with van der Waals surface area (Å²) in [5, 5.41) is 4.45. The van der Waals surface area contributed by atoms with Crippen LogP contribution in [0.3, 0.4) is 0 Å². The molecule has 3 rings (SSSR count). The van der Waals surface area contributed by atoms with Gasteiger partial charge in [0, 0.05) is 18.5 Å². The highest BCUT2D eigenvalue weighted by Crippen LogP contribution is 2.27. The summed E-state index contributed by atoms with van der Waals surface area (Å²) in [7, 11) is 1.28. The molecule has 3 aromatic carbocycles. The van der Waals surface area contributed by atoms with E-state index in [0.717, 1.165) is 10.8 Å². The minimum atomic E-state index is -0.575. The van der Waals surface area contributed by atoms with E-state index in [1.54, 1.807) is 36.4 Å². The van der Waals surface area contributed by atoms with Gasteiger partial charge in [-0.2, -0.15) is 0 Å². The molecule has 1 N–H and O–H groups in total. The van der Waals surface area contributed by atoms with E-state index in [1.807, 2.05) is 30.3 Å². The summed E-state index contributed by atoms with van der Waals surface area (Å²) in [6.07, 6.45) is 0.515. The molecule has 6 nitrogen and oxygen atoms in total. The van der Waals surface area contributed by atoms with Gasteiger partial charge < -0.3 is 14.8 Å². The van der Waals surface area contributed by atoms with Gasteiger partial charge in [-0.1, -0.05) is 42.5 Å². The van der Waals surface area contributed by atoms with Gasteiger partial charge in [-0.05, 0) is 41.5 Å². The zero-order valence-corrected chi connectivity index (χ0v) is 16.0. The number of ether oxygens (including phenoxy) is 2. The first-order chi connectivity index (χ1) is 14.1. The average molecular weight is 391 g/mol. The summed E-state index contributed by atoms with van der Waals surface area (Å²) in [5.41, 5.74) is 0.755. The maximum atomic E-state index is 12.2. The van der Waals surface area contributed by atoms with Crippen LogP contribution >= 0.6 is 0 Å². The summed E-state index contributed by atoms with van der Waals surface area (Å²) in [6.45, 7) is 0.338. The van der Waals surface area contributed by atoms with Gasteiger partial charge in [0.2, 0.25) is 0 Å². The normalized spacial score (nSPS) is 10.4. The van der Waals surface area contributed by atoms with Crippen molar-refractivity contribution in [2.75, 3.05) is 13.7 Å². The van der Waals surface area contributed by atoms with Gasteiger partial charge in [-0.25, -0.2) is 4.79 Å². The van der Waals surface area contributed by atoms with E-state index in [2.05, 4.69) is 5.32 Å². The molecule has 0 unspecified atom stereocenters. The smallest absolute Gasteiger partial charge is 0.341 e. The van der Waals surface area contributed by atoms with E-state index in [-0.39, 0.29) is 23.6 Å². The second-order valence-electron chi connectivity index (χ2n) is 6.39. The molecule has 0 spiro atoms. The number of carbonyl (C=O) groups is 3. The first-order valence-electron chi connectivity index (χ1n) is 9.23. The number of methoxy groups -OCH3 is 1. The Balaban J connectivity index is 1.59. The zero-order chi connectivity index (χ0) is 20.6. The highest BCUT2D eigenvalue weighted by molar-refractivity contribution is 5.99. The van der Waals surface area contributed by atoms with Crippen LogP contribution in [0.2, 0.25) is 0 Å². The number of amides is 1. The van der Waals surface area contributed by atoms with E-state index in [0.29, 0.717) is 18.5 Å². The van der Waals surface area contributed by atoms with Crippen molar-refractivity contribution in [2.24, 2.45) is 0 Å². The van der Waals surface area contributed by atoms with Gasteiger partial charge in [0.15, 0.2) is 0 Å². The highest BCUT2D eigenvalue weighted by atomic mass is 16.5. The summed E-state index contributed by atoms with van der Waals surface area (Å²) in [5.74, 6) is -1.09. The maximum Gasteiger partial charge on any atom is 0.341 e. The summed E-state index contributed by atoms with van der Waals surface area (Å²) in [6, 6.07) is 19.6. The summed E-state index contributed by atoms with van der Waals surface area (Å²) < 4.78 is 10.2. The van der Waals surface area contributed by atoms with Gasteiger partial charge in [0.25, 0.3) is 5.91 Å². The van der Waals surface area contributed by atoms with Crippen molar-refractivity contribution in [1.29, 1.82) is 0 Å². The first kappa shape index (κ1) is 20.1. The Labute approximate surface area is 168 Å². The third-order valence-electron chi connectivity index (χ3n) is 4.36. The molecule has 0 fully saturated rings. The lowest BCUT2D eigenvalue weighted by atomic mass is 10.1. The Morgan fingerprint density at radius 2 is 1.55 bits per heavy atom. The number of hydrogen-bond donors (Lipinski definition) is 1. The lowest BCUT2D eigenvalue weighted by molar-refractivity contribution is -0.134. The quantitative estimate of drug-likeness (QED) is 0.377. The average Bonchev–Trinajstić information content (AvgIpc) is 2.76. The summed E-state index contributed by atoms with van der Waals surface area (Å²) in [4.78, 5) is 36.3. The molecule has 0 aliphatic rings. The van der Waals surface area contributed by atoms with Crippen molar-refractivity contribution in [2.45, 2.75) is 12.8 Å².